The molecule has 0 bridgehead atoms. The third kappa shape index (κ3) is 4.05. The van der Waals surface area contributed by atoms with Crippen molar-refractivity contribution >= 4 is 21.4 Å². The Morgan fingerprint density at radius 3 is 2.61 bits per heavy atom. The zero-order valence-electron chi connectivity index (χ0n) is 11.0. The smallest absolute Gasteiger partial charge is 0.250 e. The van der Waals surface area contributed by atoms with Gasteiger partial charge in [0, 0.05) is 18.1 Å². The van der Waals surface area contributed by atoms with Crippen molar-refractivity contribution < 1.29 is 8.42 Å². The van der Waals surface area contributed by atoms with E-state index in [0.717, 1.165) is 12.1 Å². The Bertz CT molecular complexity index is 510. The molecule has 0 unspecified atom stereocenters. The largest absolute Gasteiger partial charge is 0.310 e. The van der Waals surface area contributed by atoms with Crippen molar-refractivity contribution in [2.45, 2.75) is 55.9 Å². The fraction of sp³-hybridized carbons (Fsp3) is 0.667. The molecule has 6 heteroatoms. The third-order valence-corrected chi connectivity index (χ3v) is 5.75. The molecule has 1 fully saturated rings. The minimum Gasteiger partial charge on any atom is -0.310 e. The van der Waals surface area contributed by atoms with Crippen molar-refractivity contribution in [1.82, 2.24) is 10.0 Å². The van der Waals surface area contributed by atoms with Crippen LogP contribution in [0.1, 0.15) is 39.2 Å². The van der Waals surface area contributed by atoms with E-state index in [4.69, 9.17) is 0 Å². The number of hydrogen-bond donors (Lipinski definition) is 2. The van der Waals surface area contributed by atoms with E-state index in [1.165, 1.54) is 24.2 Å². The molecule has 0 spiro atoms. The van der Waals surface area contributed by atoms with Gasteiger partial charge in [-0.05, 0) is 50.6 Å². The first kappa shape index (κ1) is 14.0. The van der Waals surface area contributed by atoms with Gasteiger partial charge in [0.15, 0.2) is 0 Å². The van der Waals surface area contributed by atoms with Crippen molar-refractivity contribution in [3.63, 3.8) is 0 Å². The molecule has 4 nitrogen and oxygen atoms in total. The zero-order valence-corrected chi connectivity index (χ0v) is 12.6. The Labute approximate surface area is 113 Å². The van der Waals surface area contributed by atoms with Crippen LogP contribution in [0.4, 0.5) is 0 Å². The van der Waals surface area contributed by atoms with Crippen LogP contribution in [0, 0.1) is 0 Å². The summed E-state index contributed by atoms with van der Waals surface area (Å²) in [6.45, 7) is 6.28. The molecular formula is C12H20N2O2S2. The average Bonchev–Trinajstić information content (AvgIpc) is 2.88. The van der Waals surface area contributed by atoms with Gasteiger partial charge in [-0.1, -0.05) is 0 Å². The molecule has 0 amide bonds. The molecule has 1 heterocycles. The van der Waals surface area contributed by atoms with E-state index >= 15 is 0 Å². The predicted octanol–water partition coefficient (Wildman–Crippen LogP) is 2.08. The molecule has 0 aliphatic heterocycles. The van der Waals surface area contributed by atoms with Gasteiger partial charge in [-0.2, -0.15) is 0 Å². The van der Waals surface area contributed by atoms with E-state index in [-0.39, 0.29) is 0 Å². The van der Waals surface area contributed by atoms with Crippen LogP contribution in [-0.4, -0.2) is 20.0 Å². The second kappa shape index (κ2) is 4.92. The number of hydrogen-bond acceptors (Lipinski definition) is 4. The number of nitrogens with one attached hydrogen (secondary N) is 2. The van der Waals surface area contributed by atoms with Crippen LogP contribution in [-0.2, 0) is 16.6 Å². The highest BCUT2D eigenvalue weighted by atomic mass is 32.2. The second-order valence-electron chi connectivity index (χ2n) is 5.78. The van der Waals surface area contributed by atoms with Crippen LogP contribution >= 0.6 is 11.3 Å². The average molecular weight is 288 g/mol. The summed E-state index contributed by atoms with van der Waals surface area (Å²) < 4.78 is 27.2. The lowest BCUT2D eigenvalue weighted by Gasteiger charge is -2.19. The maximum absolute atomic E-state index is 12.1. The molecule has 0 radical (unpaired) electrons. The van der Waals surface area contributed by atoms with Gasteiger partial charge in [0.05, 0.1) is 0 Å². The van der Waals surface area contributed by atoms with Crippen molar-refractivity contribution in [2.24, 2.45) is 0 Å². The summed E-state index contributed by atoms with van der Waals surface area (Å²) >= 11 is 1.28. The Morgan fingerprint density at radius 2 is 2.06 bits per heavy atom. The van der Waals surface area contributed by atoms with Crippen molar-refractivity contribution in [1.29, 1.82) is 0 Å². The van der Waals surface area contributed by atoms with Crippen LogP contribution in [0.2, 0.25) is 0 Å². The lowest BCUT2D eigenvalue weighted by molar-refractivity contribution is 0.492. The zero-order chi connectivity index (χ0) is 13.4. The second-order valence-corrected chi connectivity index (χ2v) is 8.61. The first-order chi connectivity index (χ1) is 8.26. The molecule has 18 heavy (non-hydrogen) atoms. The lowest BCUT2D eigenvalue weighted by Crippen LogP contribution is -2.40. The van der Waals surface area contributed by atoms with Gasteiger partial charge < -0.3 is 5.32 Å². The summed E-state index contributed by atoms with van der Waals surface area (Å²) in [5.41, 5.74) is 0.594. The first-order valence-electron chi connectivity index (χ1n) is 6.11. The summed E-state index contributed by atoms with van der Waals surface area (Å²) in [5, 5.41) is 5.29. The Hall–Kier alpha value is -0.430. The molecule has 1 aliphatic rings. The molecule has 1 aromatic rings. The monoisotopic (exact) mass is 288 g/mol. The van der Waals surface area contributed by atoms with E-state index in [2.05, 4.69) is 10.0 Å². The van der Waals surface area contributed by atoms with Crippen molar-refractivity contribution in [3.05, 3.63) is 17.0 Å². The number of thiophene rings is 1. The normalized spacial score (nSPS) is 17.1. The fourth-order valence-corrected chi connectivity index (χ4v) is 4.22. The van der Waals surface area contributed by atoms with Crippen LogP contribution in [0.5, 0.6) is 0 Å². The molecule has 2 rings (SSSR count). The van der Waals surface area contributed by atoms with Crippen LogP contribution in [0.3, 0.4) is 0 Å². The molecule has 0 aromatic carbocycles. The molecule has 102 valence electrons. The highest BCUT2D eigenvalue weighted by Gasteiger charge is 2.24. The van der Waals surface area contributed by atoms with E-state index in [0.29, 0.717) is 10.3 Å². The predicted molar refractivity (Wildman–Crippen MR) is 74.3 cm³/mol. The highest BCUT2D eigenvalue weighted by molar-refractivity contribution is 7.91. The van der Waals surface area contributed by atoms with E-state index in [1.807, 2.05) is 26.2 Å². The summed E-state index contributed by atoms with van der Waals surface area (Å²) in [5.74, 6) is 0. The standard InChI is InChI=1S/C12H20N2O2S2/c1-12(2,3)14-18(15,16)11-6-9(8-17-11)7-13-10-4-5-10/h6,8,10,13-14H,4-5,7H2,1-3H3. The molecule has 1 saturated carbocycles. The molecule has 0 saturated heterocycles. The van der Waals surface area contributed by atoms with E-state index in [9.17, 15) is 8.42 Å². The minimum absolute atomic E-state index is 0.394. The lowest BCUT2D eigenvalue weighted by atomic mass is 10.1. The highest BCUT2D eigenvalue weighted by Crippen LogP contribution is 2.23. The number of sulfonamides is 1. The van der Waals surface area contributed by atoms with Crippen molar-refractivity contribution in [3.8, 4) is 0 Å². The number of rotatable bonds is 5. The van der Waals surface area contributed by atoms with Gasteiger partial charge in [0.1, 0.15) is 4.21 Å². The maximum atomic E-state index is 12.1. The minimum atomic E-state index is -3.38. The quantitative estimate of drug-likeness (QED) is 0.872. The fourth-order valence-electron chi connectivity index (χ4n) is 1.59. The molecule has 1 aromatic heterocycles. The summed E-state index contributed by atoms with van der Waals surface area (Å²) in [4.78, 5) is 0. The van der Waals surface area contributed by atoms with Crippen LogP contribution < -0.4 is 10.0 Å². The summed E-state index contributed by atoms with van der Waals surface area (Å²) in [6, 6.07) is 2.39. The molecule has 2 N–H and O–H groups in total. The van der Waals surface area contributed by atoms with E-state index < -0.39 is 15.6 Å². The van der Waals surface area contributed by atoms with Crippen LogP contribution in [0.15, 0.2) is 15.7 Å². The van der Waals surface area contributed by atoms with Gasteiger partial charge in [-0.15, -0.1) is 11.3 Å². The Kier molecular flexibility index (Phi) is 3.82. The van der Waals surface area contributed by atoms with Crippen molar-refractivity contribution in [2.75, 3.05) is 0 Å². The Balaban J connectivity index is 2.03. The maximum Gasteiger partial charge on any atom is 0.250 e. The summed E-state index contributed by atoms with van der Waals surface area (Å²) in [6.07, 6.45) is 2.47. The first-order valence-corrected chi connectivity index (χ1v) is 8.47. The van der Waals surface area contributed by atoms with Gasteiger partial charge in [-0.25, -0.2) is 13.1 Å². The van der Waals surface area contributed by atoms with Crippen LogP contribution in [0.25, 0.3) is 0 Å². The molecular weight excluding hydrogens is 268 g/mol. The topological polar surface area (TPSA) is 58.2 Å². The van der Waals surface area contributed by atoms with Gasteiger partial charge >= 0.3 is 0 Å². The molecule has 1 aliphatic carbocycles. The van der Waals surface area contributed by atoms with Gasteiger partial charge in [-0.3, -0.25) is 0 Å². The Morgan fingerprint density at radius 1 is 1.39 bits per heavy atom. The van der Waals surface area contributed by atoms with Gasteiger partial charge in [0.2, 0.25) is 0 Å². The summed E-state index contributed by atoms with van der Waals surface area (Å²) in [7, 11) is -3.38. The van der Waals surface area contributed by atoms with Gasteiger partial charge in [0.25, 0.3) is 10.0 Å². The van der Waals surface area contributed by atoms with E-state index in [1.54, 1.807) is 6.07 Å². The third-order valence-electron chi connectivity index (χ3n) is 2.51. The molecule has 0 atom stereocenters. The SMILES string of the molecule is CC(C)(C)NS(=O)(=O)c1cc(CNC2CC2)cs1.